The Hall–Kier alpha value is -2.38. The third-order valence-corrected chi connectivity index (χ3v) is 7.07. The fourth-order valence-electron chi connectivity index (χ4n) is 3.18. The van der Waals surface area contributed by atoms with Gasteiger partial charge in [-0.05, 0) is 57.4 Å². The third kappa shape index (κ3) is 3.18. The van der Waals surface area contributed by atoms with E-state index in [-0.39, 0.29) is 5.56 Å². The summed E-state index contributed by atoms with van der Waals surface area (Å²) in [6.45, 7) is 10.0. The van der Waals surface area contributed by atoms with Gasteiger partial charge in [-0.25, -0.2) is 4.98 Å². The number of fused-ring (bicyclic) bond motifs is 1. The van der Waals surface area contributed by atoms with E-state index in [0.717, 1.165) is 43.5 Å². The number of nitrogens with zero attached hydrogens (tertiary/aromatic N) is 3. The zero-order valence-corrected chi connectivity index (χ0v) is 18.1. The summed E-state index contributed by atoms with van der Waals surface area (Å²) in [5.74, 6) is 1.33. The van der Waals surface area contributed by atoms with E-state index in [2.05, 4.69) is 18.1 Å². The van der Waals surface area contributed by atoms with Crippen molar-refractivity contribution in [2.45, 2.75) is 45.5 Å². The molecule has 28 heavy (non-hydrogen) atoms. The van der Waals surface area contributed by atoms with E-state index in [0.29, 0.717) is 16.3 Å². The first kappa shape index (κ1) is 19.0. The van der Waals surface area contributed by atoms with Gasteiger partial charge < -0.3 is 4.52 Å². The molecule has 4 aromatic rings. The Labute approximate surface area is 171 Å². The molecule has 1 aromatic carbocycles. The Kier molecular flexibility index (Phi) is 4.89. The summed E-state index contributed by atoms with van der Waals surface area (Å²) in [7, 11) is 0. The van der Waals surface area contributed by atoms with Gasteiger partial charge in [-0.2, -0.15) is 0 Å². The molecule has 0 unspecified atom stereocenters. The maximum atomic E-state index is 13.5. The summed E-state index contributed by atoms with van der Waals surface area (Å²) < 4.78 is 7.08. The summed E-state index contributed by atoms with van der Waals surface area (Å²) in [6.07, 6.45) is 0. The maximum Gasteiger partial charge on any atom is 0.267 e. The van der Waals surface area contributed by atoms with Gasteiger partial charge in [0.05, 0.1) is 22.5 Å². The molecular weight excluding hydrogens is 390 g/mol. The van der Waals surface area contributed by atoms with Crippen LogP contribution in [0.15, 0.2) is 38.7 Å². The Bertz CT molecular complexity index is 1250. The van der Waals surface area contributed by atoms with E-state index < -0.39 is 0 Å². The Morgan fingerprint density at radius 3 is 2.64 bits per heavy atom. The van der Waals surface area contributed by atoms with Gasteiger partial charge in [0.1, 0.15) is 10.6 Å². The number of aromatic nitrogens is 3. The van der Waals surface area contributed by atoms with Gasteiger partial charge in [0, 0.05) is 10.9 Å². The van der Waals surface area contributed by atoms with Crippen molar-refractivity contribution < 1.29 is 4.52 Å². The number of rotatable bonds is 4. The summed E-state index contributed by atoms with van der Waals surface area (Å²) in [4.78, 5) is 20.3. The van der Waals surface area contributed by atoms with Gasteiger partial charge in [0.25, 0.3) is 5.56 Å². The monoisotopic (exact) mass is 411 g/mol. The van der Waals surface area contributed by atoms with Gasteiger partial charge >= 0.3 is 0 Å². The van der Waals surface area contributed by atoms with Crippen LogP contribution in [-0.4, -0.2) is 14.7 Å². The molecule has 0 bridgehead atoms. The molecule has 0 N–H and O–H groups in total. The van der Waals surface area contributed by atoms with E-state index in [1.54, 1.807) is 15.9 Å². The molecular formula is C21H21N3O2S2. The van der Waals surface area contributed by atoms with Crippen LogP contribution < -0.4 is 5.56 Å². The highest BCUT2D eigenvalue weighted by molar-refractivity contribution is 7.98. The van der Waals surface area contributed by atoms with Gasteiger partial charge in [-0.1, -0.05) is 29.1 Å². The van der Waals surface area contributed by atoms with Crippen LogP contribution >= 0.6 is 23.1 Å². The molecule has 0 saturated heterocycles. The third-order valence-electron chi connectivity index (χ3n) is 5.01. The fraction of sp³-hybridized carbons (Fsp3) is 0.286. The van der Waals surface area contributed by atoms with Crippen LogP contribution in [0.5, 0.6) is 0 Å². The quantitative estimate of drug-likeness (QED) is 0.338. The molecule has 0 amide bonds. The molecule has 144 valence electrons. The number of aryl methyl sites for hydroxylation is 4. The number of hydrogen-bond acceptors (Lipinski definition) is 6. The Morgan fingerprint density at radius 1 is 1.14 bits per heavy atom. The molecule has 0 aliphatic rings. The van der Waals surface area contributed by atoms with Crippen LogP contribution in [0.4, 0.5) is 0 Å². The molecule has 7 heteroatoms. The second kappa shape index (κ2) is 7.22. The molecule has 5 nitrogen and oxygen atoms in total. The van der Waals surface area contributed by atoms with Gasteiger partial charge in [-0.3, -0.25) is 9.36 Å². The molecule has 0 aliphatic carbocycles. The number of benzene rings is 1. The van der Waals surface area contributed by atoms with E-state index in [4.69, 9.17) is 9.51 Å². The highest BCUT2D eigenvalue weighted by atomic mass is 32.2. The van der Waals surface area contributed by atoms with Crippen LogP contribution in [0.25, 0.3) is 15.9 Å². The zero-order chi connectivity index (χ0) is 20.0. The Morgan fingerprint density at radius 2 is 1.93 bits per heavy atom. The lowest BCUT2D eigenvalue weighted by Crippen LogP contribution is -2.22. The predicted molar refractivity (Wildman–Crippen MR) is 115 cm³/mol. The molecule has 0 atom stereocenters. The molecule has 0 aliphatic heterocycles. The van der Waals surface area contributed by atoms with E-state index in [1.807, 2.05) is 45.9 Å². The van der Waals surface area contributed by atoms with Gasteiger partial charge in [0.15, 0.2) is 5.16 Å². The van der Waals surface area contributed by atoms with E-state index in [9.17, 15) is 4.79 Å². The second-order valence-electron chi connectivity index (χ2n) is 6.94. The number of thioether (sulfide) groups is 1. The lowest BCUT2D eigenvalue weighted by molar-refractivity contribution is 0.391. The van der Waals surface area contributed by atoms with Crippen molar-refractivity contribution in [3.63, 3.8) is 0 Å². The summed E-state index contributed by atoms with van der Waals surface area (Å²) in [6, 6.07) is 7.92. The first-order valence-corrected chi connectivity index (χ1v) is 10.8. The fourth-order valence-corrected chi connectivity index (χ4v) is 5.13. The topological polar surface area (TPSA) is 60.9 Å². The van der Waals surface area contributed by atoms with Crippen molar-refractivity contribution >= 4 is 33.3 Å². The minimum atomic E-state index is -0.0169. The first-order chi connectivity index (χ1) is 13.4. The lowest BCUT2D eigenvalue weighted by Gasteiger charge is -2.15. The van der Waals surface area contributed by atoms with Crippen LogP contribution in [0.3, 0.4) is 0 Å². The minimum absolute atomic E-state index is 0.0169. The summed E-state index contributed by atoms with van der Waals surface area (Å²) >= 11 is 3.06. The Balaban J connectivity index is 1.93. The van der Waals surface area contributed by atoms with E-state index >= 15 is 0 Å². The lowest BCUT2D eigenvalue weighted by atomic mass is 10.1. The number of hydrogen-bond donors (Lipinski definition) is 0. The zero-order valence-electron chi connectivity index (χ0n) is 16.5. The van der Waals surface area contributed by atoms with Gasteiger partial charge in [-0.15, -0.1) is 11.3 Å². The average molecular weight is 412 g/mol. The minimum Gasteiger partial charge on any atom is -0.360 e. The first-order valence-electron chi connectivity index (χ1n) is 9.01. The van der Waals surface area contributed by atoms with Crippen molar-refractivity contribution in [3.05, 3.63) is 67.6 Å². The van der Waals surface area contributed by atoms with Crippen LogP contribution in [-0.2, 0) is 5.75 Å². The number of thiophene rings is 1. The molecule has 3 aromatic heterocycles. The van der Waals surface area contributed by atoms with Crippen molar-refractivity contribution in [1.82, 2.24) is 14.7 Å². The maximum absolute atomic E-state index is 13.5. The average Bonchev–Trinajstić information content (AvgIpc) is 3.19. The predicted octanol–water partition coefficient (Wildman–Crippen LogP) is 5.27. The van der Waals surface area contributed by atoms with Gasteiger partial charge in [0.2, 0.25) is 0 Å². The summed E-state index contributed by atoms with van der Waals surface area (Å²) in [5, 5.41) is 5.32. The van der Waals surface area contributed by atoms with Crippen LogP contribution in [0, 0.1) is 34.6 Å². The standard InChI is InChI=1S/C21H21N3O2S2/c1-11-7-6-8-17(13(11)3)24-20(25)18-14(4)15(5)28-19(18)22-21(24)27-10-16-9-12(2)23-26-16/h6-9H,10H2,1-5H3. The summed E-state index contributed by atoms with van der Waals surface area (Å²) in [5.41, 5.74) is 4.93. The molecule has 0 saturated carbocycles. The SMILES string of the molecule is Cc1cc(CSc2nc3sc(C)c(C)c3c(=O)n2-c2cccc(C)c2C)on1. The molecule has 0 fully saturated rings. The molecule has 3 heterocycles. The van der Waals surface area contributed by atoms with Crippen molar-refractivity contribution in [1.29, 1.82) is 0 Å². The molecule has 0 spiro atoms. The highest BCUT2D eigenvalue weighted by Gasteiger charge is 2.19. The highest BCUT2D eigenvalue weighted by Crippen LogP contribution is 2.31. The van der Waals surface area contributed by atoms with E-state index in [1.165, 1.54) is 11.8 Å². The van der Waals surface area contributed by atoms with Crippen molar-refractivity contribution in [2.24, 2.45) is 0 Å². The molecule has 4 rings (SSSR count). The second-order valence-corrected chi connectivity index (χ2v) is 9.09. The normalized spacial score (nSPS) is 11.5. The smallest absolute Gasteiger partial charge is 0.267 e. The van der Waals surface area contributed by atoms with Crippen molar-refractivity contribution in [3.8, 4) is 5.69 Å². The van der Waals surface area contributed by atoms with Crippen molar-refractivity contribution in [2.75, 3.05) is 0 Å². The van der Waals surface area contributed by atoms with Crippen LogP contribution in [0.1, 0.15) is 33.0 Å². The largest absolute Gasteiger partial charge is 0.360 e. The van der Waals surface area contributed by atoms with Crippen LogP contribution in [0.2, 0.25) is 0 Å². The molecule has 0 radical (unpaired) electrons.